The van der Waals surface area contributed by atoms with Gasteiger partial charge in [-0.2, -0.15) is 0 Å². The Morgan fingerprint density at radius 1 is 1.20 bits per heavy atom. The molecule has 108 valence electrons. The van der Waals surface area contributed by atoms with Gasteiger partial charge in [0.15, 0.2) is 5.13 Å². The lowest BCUT2D eigenvalue weighted by atomic mass is 10.1. The monoisotopic (exact) mass is 290 g/mol. The Balaban J connectivity index is 2.02. The number of hydrogen-bond donors (Lipinski definition) is 1. The highest BCUT2D eigenvalue weighted by Gasteiger charge is 2.08. The lowest BCUT2D eigenvalue weighted by Gasteiger charge is -2.13. The summed E-state index contributed by atoms with van der Waals surface area (Å²) in [5, 5.41) is 4.27. The van der Waals surface area contributed by atoms with Crippen molar-refractivity contribution >= 4 is 16.5 Å². The summed E-state index contributed by atoms with van der Waals surface area (Å²) in [5.74, 6) is 1.00. The van der Waals surface area contributed by atoms with E-state index in [4.69, 9.17) is 4.74 Å². The minimum atomic E-state index is 0.580. The number of hydrogen-bond acceptors (Lipinski definition) is 4. The molecule has 0 saturated heterocycles. The SMILES string of the molecule is CCCNc1ncc(COc2c(C)ccc(C)c2C)s1. The molecule has 1 aromatic heterocycles. The number of ether oxygens (including phenoxy) is 1. The van der Waals surface area contributed by atoms with Gasteiger partial charge in [-0.15, -0.1) is 0 Å². The van der Waals surface area contributed by atoms with Crippen molar-refractivity contribution in [3.63, 3.8) is 0 Å². The van der Waals surface area contributed by atoms with Gasteiger partial charge in [-0.1, -0.05) is 30.4 Å². The van der Waals surface area contributed by atoms with Gasteiger partial charge in [0.25, 0.3) is 0 Å². The maximum atomic E-state index is 5.99. The Hall–Kier alpha value is -1.55. The van der Waals surface area contributed by atoms with E-state index >= 15 is 0 Å². The number of nitrogens with zero attached hydrogens (tertiary/aromatic N) is 1. The first kappa shape index (κ1) is 14.9. The van der Waals surface area contributed by atoms with Crippen molar-refractivity contribution in [2.24, 2.45) is 0 Å². The quantitative estimate of drug-likeness (QED) is 0.852. The molecule has 0 bridgehead atoms. The van der Waals surface area contributed by atoms with Crippen LogP contribution >= 0.6 is 11.3 Å². The lowest BCUT2D eigenvalue weighted by Crippen LogP contribution is -1.99. The topological polar surface area (TPSA) is 34.2 Å². The predicted octanol–water partition coefficient (Wildman–Crippen LogP) is 4.47. The van der Waals surface area contributed by atoms with E-state index < -0.39 is 0 Å². The molecule has 0 spiro atoms. The molecule has 0 aliphatic heterocycles. The molecule has 1 heterocycles. The smallest absolute Gasteiger partial charge is 0.182 e. The van der Waals surface area contributed by atoms with Crippen molar-refractivity contribution < 1.29 is 4.74 Å². The first-order valence-corrected chi connectivity index (χ1v) is 7.81. The predicted molar refractivity (Wildman–Crippen MR) is 85.9 cm³/mol. The fourth-order valence-corrected chi connectivity index (χ4v) is 2.73. The zero-order valence-corrected chi connectivity index (χ0v) is 13.4. The number of benzene rings is 1. The van der Waals surface area contributed by atoms with Crippen LogP contribution in [0.15, 0.2) is 18.3 Å². The summed E-state index contributed by atoms with van der Waals surface area (Å²) in [4.78, 5) is 5.50. The molecular formula is C16H22N2OS. The van der Waals surface area contributed by atoms with E-state index in [0.717, 1.165) is 28.7 Å². The summed E-state index contributed by atoms with van der Waals surface area (Å²) in [7, 11) is 0. The molecule has 0 aliphatic rings. The van der Waals surface area contributed by atoms with Gasteiger partial charge in [0, 0.05) is 12.7 Å². The maximum absolute atomic E-state index is 5.99. The number of aromatic nitrogens is 1. The minimum absolute atomic E-state index is 0.580. The first-order chi connectivity index (χ1) is 9.61. The molecule has 1 aromatic carbocycles. The van der Waals surface area contributed by atoms with Gasteiger partial charge in [-0.3, -0.25) is 0 Å². The molecule has 0 saturated carbocycles. The van der Waals surface area contributed by atoms with E-state index in [1.807, 2.05) is 6.20 Å². The van der Waals surface area contributed by atoms with Crippen LogP contribution in [0.1, 0.15) is 34.9 Å². The van der Waals surface area contributed by atoms with Crippen LogP contribution in [-0.4, -0.2) is 11.5 Å². The van der Waals surface area contributed by atoms with Crippen LogP contribution in [0.2, 0.25) is 0 Å². The van der Waals surface area contributed by atoms with Crippen molar-refractivity contribution in [1.29, 1.82) is 0 Å². The molecule has 0 radical (unpaired) electrons. The van der Waals surface area contributed by atoms with E-state index in [9.17, 15) is 0 Å². The fraction of sp³-hybridized carbons (Fsp3) is 0.438. The van der Waals surface area contributed by atoms with E-state index in [2.05, 4.69) is 50.1 Å². The minimum Gasteiger partial charge on any atom is -0.487 e. The molecule has 2 aromatic rings. The Kier molecular flexibility index (Phi) is 5.01. The normalized spacial score (nSPS) is 10.6. The third-order valence-corrected chi connectivity index (χ3v) is 4.24. The van der Waals surface area contributed by atoms with Crippen LogP contribution in [0.3, 0.4) is 0 Å². The van der Waals surface area contributed by atoms with Crippen molar-refractivity contribution in [1.82, 2.24) is 4.98 Å². The van der Waals surface area contributed by atoms with E-state index in [-0.39, 0.29) is 0 Å². The van der Waals surface area contributed by atoms with Crippen LogP contribution in [-0.2, 0) is 6.61 Å². The molecular weight excluding hydrogens is 268 g/mol. The molecule has 0 aliphatic carbocycles. The Bertz CT molecular complexity index is 578. The van der Waals surface area contributed by atoms with Crippen molar-refractivity contribution in [2.75, 3.05) is 11.9 Å². The van der Waals surface area contributed by atoms with Gasteiger partial charge in [0.2, 0.25) is 0 Å². The number of anilines is 1. The number of aryl methyl sites for hydroxylation is 2. The fourth-order valence-electron chi connectivity index (χ4n) is 1.98. The molecule has 0 fully saturated rings. The van der Waals surface area contributed by atoms with Gasteiger partial charge in [-0.05, 0) is 43.9 Å². The summed E-state index contributed by atoms with van der Waals surface area (Å²) >= 11 is 1.66. The van der Waals surface area contributed by atoms with Crippen LogP contribution in [0.25, 0.3) is 0 Å². The summed E-state index contributed by atoms with van der Waals surface area (Å²) in [5.41, 5.74) is 3.67. The van der Waals surface area contributed by atoms with Gasteiger partial charge >= 0.3 is 0 Å². The van der Waals surface area contributed by atoms with E-state index in [0.29, 0.717) is 6.61 Å². The summed E-state index contributed by atoms with van der Waals surface area (Å²) in [6.45, 7) is 10.00. The van der Waals surface area contributed by atoms with Crippen LogP contribution in [0.4, 0.5) is 5.13 Å². The second-order valence-electron chi connectivity index (χ2n) is 5.00. The second kappa shape index (κ2) is 6.75. The molecule has 2 rings (SSSR count). The molecule has 1 N–H and O–H groups in total. The van der Waals surface area contributed by atoms with Gasteiger partial charge < -0.3 is 10.1 Å². The van der Waals surface area contributed by atoms with Crippen LogP contribution in [0, 0.1) is 20.8 Å². The average molecular weight is 290 g/mol. The molecule has 4 heteroatoms. The van der Waals surface area contributed by atoms with Crippen LogP contribution in [0.5, 0.6) is 5.75 Å². The second-order valence-corrected chi connectivity index (χ2v) is 6.12. The number of thiazole rings is 1. The zero-order valence-electron chi connectivity index (χ0n) is 12.6. The van der Waals surface area contributed by atoms with E-state index in [1.54, 1.807) is 11.3 Å². The van der Waals surface area contributed by atoms with Gasteiger partial charge in [0.1, 0.15) is 12.4 Å². The molecule has 0 atom stereocenters. The molecule has 20 heavy (non-hydrogen) atoms. The number of rotatable bonds is 6. The first-order valence-electron chi connectivity index (χ1n) is 7.00. The standard InChI is InChI=1S/C16H22N2OS/c1-5-8-17-16-18-9-14(20-16)10-19-15-12(3)7-6-11(2)13(15)4/h6-7,9H,5,8,10H2,1-4H3,(H,17,18). The lowest BCUT2D eigenvalue weighted by molar-refractivity contribution is 0.305. The maximum Gasteiger partial charge on any atom is 0.182 e. The van der Waals surface area contributed by atoms with Gasteiger partial charge in [-0.25, -0.2) is 4.98 Å². The summed E-state index contributed by atoms with van der Waals surface area (Å²) in [6.07, 6.45) is 3.00. The number of nitrogens with one attached hydrogen (secondary N) is 1. The van der Waals surface area contributed by atoms with Crippen molar-refractivity contribution in [3.8, 4) is 5.75 Å². The Labute approximate surface area is 125 Å². The van der Waals surface area contributed by atoms with Gasteiger partial charge in [0.05, 0.1) is 4.88 Å². The Morgan fingerprint density at radius 3 is 2.70 bits per heavy atom. The molecule has 0 amide bonds. The average Bonchev–Trinajstić information content (AvgIpc) is 2.89. The highest BCUT2D eigenvalue weighted by atomic mass is 32.1. The third-order valence-electron chi connectivity index (χ3n) is 3.31. The highest BCUT2D eigenvalue weighted by Crippen LogP contribution is 2.27. The zero-order chi connectivity index (χ0) is 14.5. The van der Waals surface area contributed by atoms with E-state index in [1.165, 1.54) is 16.7 Å². The molecule has 3 nitrogen and oxygen atoms in total. The molecule has 0 unspecified atom stereocenters. The largest absolute Gasteiger partial charge is 0.487 e. The summed E-state index contributed by atoms with van der Waals surface area (Å²) in [6, 6.07) is 4.25. The van der Waals surface area contributed by atoms with Crippen molar-refractivity contribution in [3.05, 3.63) is 39.9 Å². The van der Waals surface area contributed by atoms with Crippen molar-refractivity contribution in [2.45, 2.75) is 40.7 Å². The highest BCUT2D eigenvalue weighted by molar-refractivity contribution is 7.15. The summed E-state index contributed by atoms with van der Waals surface area (Å²) < 4.78 is 5.99. The third kappa shape index (κ3) is 3.51. The Morgan fingerprint density at radius 2 is 1.95 bits per heavy atom. The van der Waals surface area contributed by atoms with Crippen LogP contribution < -0.4 is 10.1 Å².